The monoisotopic (exact) mass is 444 g/mol. The van der Waals surface area contributed by atoms with Crippen molar-refractivity contribution in [2.45, 2.75) is 90.1 Å². The Morgan fingerprint density at radius 1 is 1.16 bits per heavy atom. The summed E-state index contributed by atoms with van der Waals surface area (Å²) < 4.78 is 22.9. The van der Waals surface area contributed by atoms with E-state index in [2.05, 4.69) is 13.8 Å². The van der Waals surface area contributed by atoms with E-state index in [0.717, 1.165) is 24.8 Å². The molecule has 0 bridgehead atoms. The van der Waals surface area contributed by atoms with Gasteiger partial charge < -0.3 is 18.9 Å². The number of hydrogen-bond donors (Lipinski definition) is 0. The molecule has 4 rings (SSSR count). The van der Waals surface area contributed by atoms with Gasteiger partial charge in [-0.2, -0.15) is 0 Å². The van der Waals surface area contributed by atoms with E-state index >= 15 is 0 Å². The van der Waals surface area contributed by atoms with Crippen LogP contribution < -0.4 is 0 Å². The van der Waals surface area contributed by atoms with E-state index < -0.39 is 11.9 Å². The summed E-state index contributed by atoms with van der Waals surface area (Å²) in [6.07, 6.45) is 8.75. The van der Waals surface area contributed by atoms with Crippen molar-refractivity contribution in [3.05, 3.63) is 35.9 Å². The Hall–Kier alpha value is -1.43. The molecule has 2 saturated carbocycles. The van der Waals surface area contributed by atoms with Crippen molar-refractivity contribution >= 4 is 5.97 Å². The number of ether oxygens (including phenoxy) is 4. The molecule has 0 N–H and O–H groups in total. The average molecular weight is 445 g/mol. The highest BCUT2D eigenvalue weighted by Crippen LogP contribution is 2.59. The van der Waals surface area contributed by atoms with Crippen molar-refractivity contribution in [1.82, 2.24) is 0 Å². The van der Waals surface area contributed by atoms with Crippen molar-refractivity contribution in [3.63, 3.8) is 0 Å². The van der Waals surface area contributed by atoms with Gasteiger partial charge in [-0.05, 0) is 68.6 Å². The maximum absolute atomic E-state index is 12.6. The molecule has 1 saturated heterocycles. The van der Waals surface area contributed by atoms with Gasteiger partial charge in [-0.1, -0.05) is 57.0 Å². The third-order valence-electron chi connectivity index (χ3n) is 8.62. The van der Waals surface area contributed by atoms with Crippen molar-refractivity contribution < 1.29 is 23.7 Å². The molecule has 1 aromatic carbocycles. The molecule has 0 aromatic heterocycles. The topological polar surface area (TPSA) is 54.0 Å². The van der Waals surface area contributed by atoms with Gasteiger partial charge in [0.05, 0.1) is 6.10 Å². The number of hydrogen-bond acceptors (Lipinski definition) is 5. The Bertz CT molecular complexity index is 767. The first-order valence-electron chi connectivity index (χ1n) is 12.4. The van der Waals surface area contributed by atoms with E-state index in [1.165, 1.54) is 25.7 Å². The average Bonchev–Trinajstić information content (AvgIpc) is 3.29. The number of carbonyl (C=O) groups excluding carboxylic acids is 1. The molecule has 1 aromatic rings. The number of cyclic esters (lactones) is 1. The Kier molecular flexibility index (Phi) is 7.28. The first-order chi connectivity index (χ1) is 15.4. The maximum Gasteiger partial charge on any atom is 0.340 e. The van der Waals surface area contributed by atoms with Gasteiger partial charge in [-0.25, -0.2) is 4.79 Å². The van der Waals surface area contributed by atoms with Crippen LogP contribution in [0.3, 0.4) is 0 Å². The van der Waals surface area contributed by atoms with E-state index in [9.17, 15) is 4.79 Å². The molecular formula is C27H40O5. The van der Waals surface area contributed by atoms with Crippen LogP contribution in [0.25, 0.3) is 0 Å². The van der Waals surface area contributed by atoms with Crippen molar-refractivity contribution in [2.24, 2.45) is 23.2 Å². The molecule has 5 nitrogen and oxygen atoms in total. The van der Waals surface area contributed by atoms with E-state index in [4.69, 9.17) is 18.9 Å². The van der Waals surface area contributed by atoms with Crippen LogP contribution in [0, 0.1) is 23.2 Å². The first kappa shape index (κ1) is 23.7. The summed E-state index contributed by atoms with van der Waals surface area (Å²) >= 11 is 0. The number of carbonyl (C=O) groups is 1. The summed E-state index contributed by atoms with van der Waals surface area (Å²) in [5.74, 6) is 1.73. The van der Waals surface area contributed by atoms with Crippen molar-refractivity contribution in [1.29, 1.82) is 0 Å². The molecule has 1 aliphatic heterocycles. The van der Waals surface area contributed by atoms with Gasteiger partial charge in [-0.15, -0.1) is 0 Å². The smallest absolute Gasteiger partial charge is 0.340 e. The van der Waals surface area contributed by atoms with Crippen LogP contribution in [-0.4, -0.2) is 31.6 Å². The van der Waals surface area contributed by atoms with E-state index in [1.54, 1.807) is 7.11 Å². The number of rotatable bonds is 9. The fourth-order valence-electron chi connectivity index (χ4n) is 6.85. The zero-order valence-electron chi connectivity index (χ0n) is 20.2. The van der Waals surface area contributed by atoms with Gasteiger partial charge in [0.2, 0.25) is 6.29 Å². The highest BCUT2D eigenvalue weighted by atomic mass is 16.8. The SMILES string of the molecule is COCOC1CCC[C@]2(C)C1CC[C@@H]2[C@H](C)CCC[C@@]1(C)O[C@H](c2ccccc2)OC1=O. The summed E-state index contributed by atoms with van der Waals surface area (Å²) in [4.78, 5) is 12.6. The lowest BCUT2D eigenvalue weighted by molar-refractivity contribution is -0.145. The first-order valence-corrected chi connectivity index (χ1v) is 12.4. The van der Waals surface area contributed by atoms with Gasteiger partial charge in [0, 0.05) is 12.7 Å². The van der Waals surface area contributed by atoms with Crippen LogP contribution in [0.2, 0.25) is 0 Å². The molecule has 0 spiro atoms. The minimum absolute atomic E-state index is 0.239. The summed E-state index contributed by atoms with van der Waals surface area (Å²) in [5, 5.41) is 0. The second kappa shape index (κ2) is 9.82. The lowest BCUT2D eigenvalue weighted by atomic mass is 9.61. The molecule has 2 unspecified atom stereocenters. The van der Waals surface area contributed by atoms with E-state index in [0.29, 0.717) is 42.5 Å². The number of fused-ring (bicyclic) bond motifs is 1. The van der Waals surface area contributed by atoms with E-state index in [1.807, 2.05) is 37.3 Å². The summed E-state index contributed by atoms with van der Waals surface area (Å²) in [7, 11) is 1.70. The lowest BCUT2D eigenvalue weighted by Gasteiger charge is -2.46. The molecule has 3 fully saturated rings. The maximum atomic E-state index is 12.6. The largest absolute Gasteiger partial charge is 0.429 e. The number of methoxy groups -OCH3 is 1. The Morgan fingerprint density at radius 2 is 1.94 bits per heavy atom. The molecule has 7 atom stereocenters. The standard InChI is InChI=1S/C27H40O5/c1-19(21-14-15-22-23(30-18-29-4)13-9-16-26(21,22)2)10-8-17-27(3)25(28)31-24(32-27)20-11-6-5-7-12-20/h5-7,11-12,19,21-24H,8-10,13-18H2,1-4H3/t19-,21-,22?,23?,24-,26+,27-/m1/s1. The molecule has 32 heavy (non-hydrogen) atoms. The predicted molar refractivity (Wildman–Crippen MR) is 123 cm³/mol. The second-order valence-corrected chi connectivity index (χ2v) is 10.7. The lowest BCUT2D eigenvalue weighted by Crippen LogP contribution is -2.42. The van der Waals surface area contributed by atoms with Gasteiger partial charge in [-0.3, -0.25) is 0 Å². The van der Waals surface area contributed by atoms with Gasteiger partial charge in [0.1, 0.15) is 6.79 Å². The minimum Gasteiger partial charge on any atom is -0.429 e. The molecule has 0 radical (unpaired) electrons. The highest BCUT2D eigenvalue weighted by molar-refractivity contribution is 5.80. The zero-order valence-corrected chi connectivity index (χ0v) is 20.2. The third kappa shape index (κ3) is 4.62. The molecule has 2 aliphatic carbocycles. The second-order valence-electron chi connectivity index (χ2n) is 10.7. The van der Waals surface area contributed by atoms with Crippen LogP contribution in [0.4, 0.5) is 0 Å². The summed E-state index contributed by atoms with van der Waals surface area (Å²) in [6, 6.07) is 9.71. The van der Waals surface area contributed by atoms with Gasteiger partial charge in [0.15, 0.2) is 5.60 Å². The van der Waals surface area contributed by atoms with Crippen molar-refractivity contribution in [2.75, 3.05) is 13.9 Å². The zero-order chi connectivity index (χ0) is 22.8. The Morgan fingerprint density at radius 3 is 2.69 bits per heavy atom. The Balaban J connectivity index is 1.31. The molecule has 5 heteroatoms. The van der Waals surface area contributed by atoms with Crippen LogP contribution in [0.5, 0.6) is 0 Å². The summed E-state index contributed by atoms with van der Waals surface area (Å²) in [6.45, 7) is 7.18. The molecule has 3 aliphatic rings. The molecular weight excluding hydrogens is 404 g/mol. The van der Waals surface area contributed by atoms with Crippen molar-refractivity contribution in [3.8, 4) is 0 Å². The molecule has 178 valence electrons. The van der Waals surface area contributed by atoms with E-state index in [-0.39, 0.29) is 5.97 Å². The van der Waals surface area contributed by atoms with Gasteiger partial charge in [0.25, 0.3) is 0 Å². The normalized spacial score (nSPS) is 37.8. The van der Waals surface area contributed by atoms with Crippen LogP contribution >= 0.6 is 0 Å². The fourth-order valence-corrected chi connectivity index (χ4v) is 6.85. The van der Waals surface area contributed by atoms with Crippen LogP contribution in [0.15, 0.2) is 30.3 Å². The summed E-state index contributed by atoms with van der Waals surface area (Å²) in [5.41, 5.74) is 0.387. The van der Waals surface area contributed by atoms with Crippen LogP contribution in [-0.2, 0) is 23.7 Å². The highest BCUT2D eigenvalue weighted by Gasteiger charge is 2.53. The Labute approximate surface area is 193 Å². The molecule has 0 amide bonds. The van der Waals surface area contributed by atoms with Crippen LogP contribution in [0.1, 0.15) is 84.0 Å². The van der Waals surface area contributed by atoms with Gasteiger partial charge >= 0.3 is 5.97 Å². The molecule has 1 heterocycles. The number of esters is 1. The minimum atomic E-state index is -0.855. The fraction of sp³-hybridized carbons (Fsp3) is 0.741. The number of benzene rings is 1. The predicted octanol–water partition coefficient (Wildman–Crippen LogP) is 6.03. The quantitative estimate of drug-likeness (QED) is 0.344. The third-order valence-corrected chi connectivity index (χ3v) is 8.62.